The number of aliphatic hydroxyl groups excluding tert-OH is 1. The first kappa shape index (κ1) is 26.2. The Bertz CT molecular complexity index is 788. The highest BCUT2D eigenvalue weighted by molar-refractivity contribution is 7.80. The standard InChI is InChI=1S/C19H28N4O7S/c1-9(19(29)30)21-16(26)13(7-11-3-5-12(25)6-4-11)22-17(27)14(8-31)23-18(28)15(20)10(2)24/h3-6,9-10,13-15,24-25,31H,7-8,20H2,1-2H3,(H,21,26)(H,22,27)(H,23,28)(H,29,30). The van der Waals surface area contributed by atoms with Gasteiger partial charge in [0.15, 0.2) is 0 Å². The van der Waals surface area contributed by atoms with Crippen LogP contribution in [0.4, 0.5) is 0 Å². The van der Waals surface area contributed by atoms with Gasteiger partial charge in [0.2, 0.25) is 17.7 Å². The van der Waals surface area contributed by atoms with E-state index in [1.807, 2.05) is 0 Å². The zero-order valence-corrected chi connectivity index (χ0v) is 18.0. The van der Waals surface area contributed by atoms with Crippen molar-refractivity contribution < 1.29 is 34.5 Å². The van der Waals surface area contributed by atoms with Gasteiger partial charge in [-0.05, 0) is 31.5 Å². The Hall–Kier alpha value is -2.83. The summed E-state index contributed by atoms with van der Waals surface area (Å²) in [6, 6.07) is 1.10. The lowest BCUT2D eigenvalue weighted by Crippen LogP contribution is -2.58. The molecule has 0 saturated carbocycles. The van der Waals surface area contributed by atoms with Gasteiger partial charge in [0.1, 0.15) is 29.9 Å². The molecule has 0 aliphatic heterocycles. The summed E-state index contributed by atoms with van der Waals surface area (Å²) in [5.74, 6) is -3.63. The monoisotopic (exact) mass is 456 g/mol. The molecule has 172 valence electrons. The van der Waals surface area contributed by atoms with Gasteiger partial charge >= 0.3 is 5.97 Å². The second kappa shape index (κ2) is 12.1. The third kappa shape index (κ3) is 8.44. The molecule has 31 heavy (non-hydrogen) atoms. The summed E-state index contributed by atoms with van der Waals surface area (Å²) in [5, 5.41) is 35.0. The summed E-state index contributed by atoms with van der Waals surface area (Å²) < 4.78 is 0. The fourth-order valence-corrected chi connectivity index (χ4v) is 2.66. The van der Waals surface area contributed by atoms with Crippen molar-refractivity contribution in [3.63, 3.8) is 0 Å². The second-order valence-corrected chi connectivity index (χ2v) is 7.38. The van der Waals surface area contributed by atoms with Gasteiger partial charge < -0.3 is 37.0 Å². The number of nitrogens with one attached hydrogen (secondary N) is 3. The molecule has 12 heteroatoms. The SMILES string of the molecule is CC(NC(=O)C(Cc1ccc(O)cc1)NC(=O)C(CS)NC(=O)C(N)C(C)O)C(=O)O. The fourth-order valence-electron chi connectivity index (χ4n) is 2.41. The molecule has 1 aromatic rings. The maximum Gasteiger partial charge on any atom is 0.325 e. The van der Waals surface area contributed by atoms with Crippen LogP contribution in [-0.2, 0) is 25.6 Å². The zero-order chi connectivity index (χ0) is 23.7. The highest BCUT2D eigenvalue weighted by Crippen LogP contribution is 2.12. The Morgan fingerprint density at radius 1 is 0.968 bits per heavy atom. The van der Waals surface area contributed by atoms with Crippen LogP contribution in [0, 0.1) is 0 Å². The summed E-state index contributed by atoms with van der Waals surface area (Å²) in [4.78, 5) is 48.4. The number of thiol groups is 1. The fraction of sp³-hybridized carbons (Fsp3) is 0.474. The molecule has 0 bridgehead atoms. The molecule has 5 unspecified atom stereocenters. The molecule has 3 amide bonds. The lowest BCUT2D eigenvalue weighted by molar-refractivity contribution is -0.141. The number of aliphatic hydroxyl groups is 1. The van der Waals surface area contributed by atoms with Crippen molar-refractivity contribution >= 4 is 36.3 Å². The van der Waals surface area contributed by atoms with Crippen molar-refractivity contribution in [2.45, 2.75) is 50.5 Å². The van der Waals surface area contributed by atoms with Gasteiger partial charge in [0.25, 0.3) is 0 Å². The van der Waals surface area contributed by atoms with Crippen LogP contribution in [0.2, 0.25) is 0 Å². The van der Waals surface area contributed by atoms with Crippen molar-refractivity contribution in [3.8, 4) is 5.75 Å². The molecular weight excluding hydrogens is 428 g/mol. The molecule has 5 atom stereocenters. The number of aliphatic carboxylic acids is 1. The quantitative estimate of drug-likeness (QED) is 0.178. The van der Waals surface area contributed by atoms with Crippen LogP contribution >= 0.6 is 12.6 Å². The van der Waals surface area contributed by atoms with Gasteiger partial charge in [-0.2, -0.15) is 12.6 Å². The van der Waals surface area contributed by atoms with E-state index >= 15 is 0 Å². The minimum Gasteiger partial charge on any atom is -0.508 e. The molecule has 0 aromatic heterocycles. The first-order valence-corrected chi connectivity index (χ1v) is 10.1. The van der Waals surface area contributed by atoms with Gasteiger partial charge in [0, 0.05) is 12.2 Å². The van der Waals surface area contributed by atoms with Gasteiger partial charge in [0.05, 0.1) is 6.10 Å². The number of carboxylic acids is 1. The molecule has 0 heterocycles. The zero-order valence-electron chi connectivity index (χ0n) is 17.1. The van der Waals surface area contributed by atoms with Crippen LogP contribution in [0.1, 0.15) is 19.4 Å². The van der Waals surface area contributed by atoms with E-state index in [0.29, 0.717) is 5.56 Å². The first-order chi connectivity index (χ1) is 14.5. The summed E-state index contributed by atoms with van der Waals surface area (Å²) in [6.45, 7) is 2.59. The predicted molar refractivity (Wildman–Crippen MR) is 114 cm³/mol. The van der Waals surface area contributed by atoms with Crippen LogP contribution in [0.15, 0.2) is 24.3 Å². The van der Waals surface area contributed by atoms with E-state index in [2.05, 4.69) is 28.6 Å². The number of carbonyl (C=O) groups excluding carboxylic acids is 3. The summed E-state index contributed by atoms with van der Waals surface area (Å²) in [5.41, 5.74) is 6.14. The van der Waals surface area contributed by atoms with E-state index in [-0.39, 0.29) is 17.9 Å². The molecule has 8 N–H and O–H groups in total. The lowest BCUT2D eigenvalue weighted by Gasteiger charge is -2.24. The predicted octanol–water partition coefficient (Wildman–Crippen LogP) is -1.87. The third-order valence-corrected chi connectivity index (χ3v) is 4.74. The average Bonchev–Trinajstić information content (AvgIpc) is 2.71. The topological polar surface area (TPSA) is 191 Å². The minimum absolute atomic E-state index is 0.00931. The summed E-state index contributed by atoms with van der Waals surface area (Å²) >= 11 is 4.03. The molecule has 1 aromatic carbocycles. The molecule has 0 saturated heterocycles. The number of aromatic hydroxyl groups is 1. The number of benzene rings is 1. The van der Waals surface area contributed by atoms with E-state index in [9.17, 15) is 29.4 Å². The Morgan fingerprint density at radius 3 is 1.97 bits per heavy atom. The maximum atomic E-state index is 12.7. The smallest absolute Gasteiger partial charge is 0.325 e. The molecular formula is C19H28N4O7S. The van der Waals surface area contributed by atoms with Gasteiger partial charge in [-0.3, -0.25) is 19.2 Å². The Balaban J connectivity index is 2.98. The summed E-state index contributed by atoms with van der Waals surface area (Å²) in [7, 11) is 0. The highest BCUT2D eigenvalue weighted by atomic mass is 32.1. The normalized spacial score (nSPS) is 15.6. The van der Waals surface area contributed by atoms with Crippen molar-refractivity contribution in [3.05, 3.63) is 29.8 Å². The number of phenolic OH excluding ortho intramolecular Hbond substituents is 1. The third-order valence-electron chi connectivity index (χ3n) is 4.38. The molecule has 0 radical (unpaired) electrons. The maximum absolute atomic E-state index is 12.7. The van der Waals surface area contributed by atoms with E-state index in [1.165, 1.54) is 26.0 Å². The Labute approximate surface area is 184 Å². The first-order valence-electron chi connectivity index (χ1n) is 9.42. The molecule has 0 spiro atoms. The van der Waals surface area contributed by atoms with Crippen molar-refractivity contribution in [2.24, 2.45) is 5.73 Å². The second-order valence-electron chi connectivity index (χ2n) is 7.01. The Kier molecular flexibility index (Phi) is 10.3. The number of hydrogen-bond donors (Lipinski definition) is 8. The van der Waals surface area contributed by atoms with E-state index in [4.69, 9.17) is 10.8 Å². The van der Waals surface area contributed by atoms with E-state index in [0.717, 1.165) is 0 Å². The van der Waals surface area contributed by atoms with Crippen LogP contribution in [0.5, 0.6) is 5.75 Å². The molecule has 0 aliphatic rings. The number of rotatable bonds is 11. The molecule has 1 rings (SSSR count). The van der Waals surface area contributed by atoms with Crippen LogP contribution < -0.4 is 21.7 Å². The number of carbonyl (C=O) groups is 4. The van der Waals surface area contributed by atoms with Crippen LogP contribution in [-0.4, -0.2) is 75.0 Å². The highest BCUT2D eigenvalue weighted by Gasteiger charge is 2.29. The van der Waals surface area contributed by atoms with Gasteiger partial charge in [-0.25, -0.2) is 0 Å². The molecule has 0 aliphatic carbocycles. The number of amides is 3. The van der Waals surface area contributed by atoms with Crippen molar-refractivity contribution in [1.29, 1.82) is 0 Å². The van der Waals surface area contributed by atoms with Crippen molar-refractivity contribution in [1.82, 2.24) is 16.0 Å². The minimum atomic E-state index is -1.26. The Morgan fingerprint density at radius 2 is 1.48 bits per heavy atom. The number of nitrogens with two attached hydrogens (primary N) is 1. The van der Waals surface area contributed by atoms with Gasteiger partial charge in [-0.1, -0.05) is 12.1 Å². The van der Waals surface area contributed by atoms with Crippen LogP contribution in [0.25, 0.3) is 0 Å². The summed E-state index contributed by atoms with van der Waals surface area (Å²) in [6.07, 6.45) is -1.15. The number of phenols is 1. The largest absolute Gasteiger partial charge is 0.508 e. The van der Waals surface area contributed by atoms with Crippen molar-refractivity contribution in [2.75, 3.05) is 5.75 Å². The number of hydrogen-bond acceptors (Lipinski definition) is 8. The lowest BCUT2D eigenvalue weighted by atomic mass is 10.0. The average molecular weight is 457 g/mol. The number of carboxylic acid groups (broad SMARTS) is 1. The van der Waals surface area contributed by atoms with E-state index < -0.39 is 54.0 Å². The van der Waals surface area contributed by atoms with Crippen LogP contribution in [0.3, 0.4) is 0 Å². The van der Waals surface area contributed by atoms with Gasteiger partial charge in [-0.15, -0.1) is 0 Å². The van der Waals surface area contributed by atoms with E-state index in [1.54, 1.807) is 12.1 Å². The molecule has 0 fully saturated rings. The molecule has 11 nitrogen and oxygen atoms in total.